The number of carbonyl (C=O) groups is 1. The number of fused-ring (bicyclic) bond motifs is 1. The molecule has 0 aliphatic carbocycles. The van der Waals surface area contributed by atoms with Crippen LogP contribution in [0.15, 0.2) is 40.2 Å². The molecule has 1 N–H and O–H groups in total. The minimum Gasteiger partial charge on any atom is -0.325 e. The van der Waals surface area contributed by atoms with E-state index in [0.717, 1.165) is 4.57 Å². The average molecular weight is 415 g/mol. The van der Waals surface area contributed by atoms with Gasteiger partial charge in [0.25, 0.3) is 5.56 Å². The molecule has 0 aliphatic rings. The van der Waals surface area contributed by atoms with Gasteiger partial charge in [0.05, 0.1) is 6.33 Å². The molecule has 1 amide bonds. The standard InChI is InChI=1S/C21H26FN5O3/c1-13(2)9-25-12-23-19-18(25)20(29)27(21(30)26(19)10-14(3)4)11-17(28)24-16-7-5-15(22)6-8-16/h5-8,12-14H,9-11H2,1-4H3,(H,24,28). The molecule has 0 aliphatic heterocycles. The summed E-state index contributed by atoms with van der Waals surface area (Å²) >= 11 is 0. The van der Waals surface area contributed by atoms with Gasteiger partial charge in [-0.2, -0.15) is 0 Å². The minimum atomic E-state index is -0.578. The number of hydrogen-bond donors (Lipinski definition) is 1. The Morgan fingerprint density at radius 3 is 2.27 bits per heavy atom. The summed E-state index contributed by atoms with van der Waals surface area (Å²) in [6.45, 7) is 8.44. The molecular weight excluding hydrogens is 389 g/mol. The fourth-order valence-electron chi connectivity index (χ4n) is 3.32. The van der Waals surface area contributed by atoms with E-state index in [2.05, 4.69) is 10.3 Å². The molecule has 0 saturated carbocycles. The van der Waals surface area contributed by atoms with E-state index in [1.807, 2.05) is 27.7 Å². The van der Waals surface area contributed by atoms with Gasteiger partial charge >= 0.3 is 5.69 Å². The molecule has 0 saturated heterocycles. The number of nitrogens with zero attached hydrogens (tertiary/aromatic N) is 4. The largest absolute Gasteiger partial charge is 0.333 e. The number of amides is 1. The van der Waals surface area contributed by atoms with Crippen LogP contribution in [-0.4, -0.2) is 24.6 Å². The molecule has 1 aromatic carbocycles. The monoisotopic (exact) mass is 415 g/mol. The van der Waals surface area contributed by atoms with Crippen LogP contribution >= 0.6 is 0 Å². The Labute approximate surface area is 173 Å². The number of imidazole rings is 1. The first kappa shape index (κ1) is 21.5. The lowest BCUT2D eigenvalue weighted by molar-refractivity contribution is -0.116. The summed E-state index contributed by atoms with van der Waals surface area (Å²) in [5, 5.41) is 2.59. The van der Waals surface area contributed by atoms with Crippen LogP contribution in [0.3, 0.4) is 0 Å². The first-order valence-electron chi connectivity index (χ1n) is 9.91. The van der Waals surface area contributed by atoms with Gasteiger partial charge in [0.1, 0.15) is 12.4 Å². The van der Waals surface area contributed by atoms with Crippen LogP contribution in [0.5, 0.6) is 0 Å². The van der Waals surface area contributed by atoms with Gasteiger partial charge in [0.15, 0.2) is 11.2 Å². The van der Waals surface area contributed by atoms with Crippen molar-refractivity contribution in [1.29, 1.82) is 0 Å². The SMILES string of the molecule is CC(C)Cn1cnc2c1c(=O)n(CC(=O)Nc1ccc(F)cc1)c(=O)n2CC(C)C. The lowest BCUT2D eigenvalue weighted by atomic mass is 10.2. The molecule has 9 heteroatoms. The molecular formula is C21H26FN5O3. The zero-order valence-electron chi connectivity index (χ0n) is 17.6. The van der Waals surface area contributed by atoms with Gasteiger partial charge in [-0.05, 0) is 36.1 Å². The highest BCUT2D eigenvalue weighted by Crippen LogP contribution is 2.12. The highest BCUT2D eigenvalue weighted by atomic mass is 19.1. The maximum absolute atomic E-state index is 13.1. The number of hydrogen-bond acceptors (Lipinski definition) is 4. The molecule has 3 aromatic rings. The van der Waals surface area contributed by atoms with Crippen molar-refractivity contribution in [3.8, 4) is 0 Å². The normalized spacial score (nSPS) is 11.6. The van der Waals surface area contributed by atoms with Crippen LogP contribution in [0, 0.1) is 17.7 Å². The van der Waals surface area contributed by atoms with Gasteiger partial charge in [-0.25, -0.2) is 18.7 Å². The Balaban J connectivity index is 2.06. The number of rotatable bonds is 7. The summed E-state index contributed by atoms with van der Waals surface area (Å²) in [7, 11) is 0. The molecule has 0 unspecified atom stereocenters. The zero-order chi connectivity index (χ0) is 22.0. The highest BCUT2D eigenvalue weighted by Gasteiger charge is 2.20. The summed E-state index contributed by atoms with van der Waals surface area (Å²) in [5.41, 5.74) is -0.122. The fraction of sp³-hybridized carbons (Fsp3) is 0.429. The van der Waals surface area contributed by atoms with Crippen LogP contribution in [0.1, 0.15) is 27.7 Å². The molecule has 0 fully saturated rings. The lowest BCUT2D eigenvalue weighted by Crippen LogP contribution is -2.43. The molecule has 30 heavy (non-hydrogen) atoms. The molecule has 0 bridgehead atoms. The van der Waals surface area contributed by atoms with E-state index in [1.165, 1.54) is 28.8 Å². The third-order valence-corrected chi connectivity index (χ3v) is 4.52. The van der Waals surface area contributed by atoms with E-state index in [9.17, 15) is 18.8 Å². The Bertz CT molecular complexity index is 1170. The second-order valence-electron chi connectivity index (χ2n) is 8.20. The Hall–Kier alpha value is -3.23. The molecule has 0 spiro atoms. The lowest BCUT2D eigenvalue weighted by Gasteiger charge is -2.14. The topological polar surface area (TPSA) is 90.9 Å². The van der Waals surface area contributed by atoms with Crippen molar-refractivity contribution in [3.63, 3.8) is 0 Å². The quantitative estimate of drug-likeness (QED) is 0.642. The van der Waals surface area contributed by atoms with Crippen LogP contribution in [0.2, 0.25) is 0 Å². The van der Waals surface area contributed by atoms with Crippen LogP contribution in [0.4, 0.5) is 10.1 Å². The van der Waals surface area contributed by atoms with Crippen molar-refractivity contribution in [1.82, 2.24) is 18.7 Å². The summed E-state index contributed by atoms with van der Waals surface area (Å²) in [4.78, 5) is 43.0. The van der Waals surface area contributed by atoms with Crippen molar-refractivity contribution in [2.24, 2.45) is 11.8 Å². The number of carbonyl (C=O) groups excluding carboxylic acids is 1. The van der Waals surface area contributed by atoms with E-state index < -0.39 is 29.5 Å². The Kier molecular flexibility index (Phi) is 6.19. The first-order valence-corrected chi connectivity index (χ1v) is 9.91. The minimum absolute atomic E-state index is 0.139. The van der Waals surface area contributed by atoms with E-state index >= 15 is 0 Å². The third-order valence-electron chi connectivity index (χ3n) is 4.52. The van der Waals surface area contributed by atoms with Crippen molar-refractivity contribution >= 4 is 22.8 Å². The predicted octanol–water partition coefficient (Wildman–Crippen LogP) is 2.45. The summed E-state index contributed by atoms with van der Waals surface area (Å²) in [6, 6.07) is 5.25. The van der Waals surface area contributed by atoms with Gasteiger partial charge in [0.2, 0.25) is 5.91 Å². The van der Waals surface area contributed by atoms with Crippen LogP contribution < -0.4 is 16.6 Å². The van der Waals surface area contributed by atoms with Crippen molar-refractivity contribution < 1.29 is 9.18 Å². The predicted molar refractivity (Wildman–Crippen MR) is 113 cm³/mol. The number of benzene rings is 1. The number of anilines is 1. The van der Waals surface area contributed by atoms with E-state index in [4.69, 9.17) is 0 Å². The molecule has 0 radical (unpaired) electrons. The van der Waals surface area contributed by atoms with Gasteiger partial charge in [-0.15, -0.1) is 0 Å². The van der Waals surface area contributed by atoms with Gasteiger partial charge < -0.3 is 9.88 Å². The second kappa shape index (κ2) is 8.64. The highest BCUT2D eigenvalue weighted by molar-refractivity contribution is 5.90. The van der Waals surface area contributed by atoms with Gasteiger partial charge in [-0.1, -0.05) is 27.7 Å². The molecule has 8 nitrogen and oxygen atoms in total. The zero-order valence-corrected chi connectivity index (χ0v) is 17.6. The molecule has 0 atom stereocenters. The van der Waals surface area contributed by atoms with Crippen molar-refractivity contribution in [3.05, 3.63) is 57.2 Å². The Morgan fingerprint density at radius 1 is 1.03 bits per heavy atom. The molecule has 160 valence electrons. The maximum Gasteiger partial charge on any atom is 0.333 e. The third kappa shape index (κ3) is 4.50. The van der Waals surface area contributed by atoms with Crippen molar-refractivity contribution in [2.45, 2.75) is 47.3 Å². The van der Waals surface area contributed by atoms with E-state index in [-0.39, 0.29) is 11.8 Å². The summed E-state index contributed by atoms with van der Waals surface area (Å²) in [5.74, 6) is -0.571. The average Bonchev–Trinajstić information content (AvgIpc) is 3.07. The van der Waals surface area contributed by atoms with Gasteiger partial charge in [0, 0.05) is 18.8 Å². The van der Waals surface area contributed by atoms with Gasteiger partial charge in [-0.3, -0.25) is 14.2 Å². The summed E-state index contributed by atoms with van der Waals surface area (Å²) in [6.07, 6.45) is 1.56. The van der Waals surface area contributed by atoms with Crippen LogP contribution in [-0.2, 0) is 24.4 Å². The first-order chi connectivity index (χ1) is 14.2. The molecule has 2 heterocycles. The van der Waals surface area contributed by atoms with E-state index in [1.54, 1.807) is 10.9 Å². The van der Waals surface area contributed by atoms with E-state index in [0.29, 0.717) is 29.9 Å². The fourth-order valence-corrected chi connectivity index (χ4v) is 3.32. The summed E-state index contributed by atoms with van der Waals surface area (Å²) < 4.78 is 17.2. The smallest absolute Gasteiger partial charge is 0.325 e. The number of aromatic nitrogens is 4. The van der Waals surface area contributed by atoms with Crippen molar-refractivity contribution in [2.75, 3.05) is 5.32 Å². The molecule has 3 rings (SSSR count). The second-order valence-corrected chi connectivity index (χ2v) is 8.20. The maximum atomic E-state index is 13.1. The number of nitrogens with one attached hydrogen (secondary N) is 1. The number of halogens is 1. The Morgan fingerprint density at radius 2 is 1.67 bits per heavy atom. The van der Waals surface area contributed by atoms with Crippen LogP contribution in [0.25, 0.3) is 11.2 Å². The molecule has 2 aromatic heterocycles.